The molecule has 0 radical (unpaired) electrons. The molecule has 0 aliphatic carbocycles. The highest BCUT2D eigenvalue weighted by Gasteiger charge is 2.26. The predicted molar refractivity (Wildman–Crippen MR) is 77.7 cm³/mol. The number of carbonyl (C=O) groups excluding carboxylic acids is 1. The van der Waals surface area contributed by atoms with Gasteiger partial charge in [-0.15, -0.1) is 0 Å². The van der Waals surface area contributed by atoms with Gasteiger partial charge in [0.25, 0.3) is 5.91 Å². The molecule has 1 aliphatic rings. The number of aryl methyl sites for hydroxylation is 1. The van der Waals surface area contributed by atoms with Gasteiger partial charge in [-0.1, -0.05) is 0 Å². The average molecular weight is 315 g/mol. The lowest BCUT2D eigenvalue weighted by Gasteiger charge is -2.23. The Morgan fingerprint density at radius 1 is 1.38 bits per heavy atom. The van der Waals surface area contributed by atoms with Crippen LogP contribution in [-0.2, 0) is 10.0 Å². The lowest BCUT2D eigenvalue weighted by Crippen LogP contribution is -2.42. The maximum atomic E-state index is 12.1. The Morgan fingerprint density at radius 3 is 2.57 bits per heavy atom. The van der Waals surface area contributed by atoms with E-state index in [9.17, 15) is 13.2 Å². The van der Waals surface area contributed by atoms with Crippen LogP contribution in [0.25, 0.3) is 0 Å². The van der Waals surface area contributed by atoms with Crippen LogP contribution in [0.15, 0.2) is 15.4 Å². The summed E-state index contributed by atoms with van der Waals surface area (Å²) in [6, 6.07) is 1.39. The first kappa shape index (κ1) is 16.0. The van der Waals surface area contributed by atoms with Crippen LogP contribution in [0, 0.1) is 6.92 Å². The van der Waals surface area contributed by atoms with E-state index in [1.165, 1.54) is 27.1 Å². The summed E-state index contributed by atoms with van der Waals surface area (Å²) in [5.74, 6) is -0.115. The van der Waals surface area contributed by atoms with Crippen LogP contribution in [0.3, 0.4) is 0 Å². The van der Waals surface area contributed by atoms with Crippen molar-refractivity contribution in [1.82, 2.24) is 14.9 Å². The second-order valence-corrected chi connectivity index (χ2v) is 7.44. The zero-order chi connectivity index (χ0) is 15.6. The van der Waals surface area contributed by atoms with Crippen molar-refractivity contribution in [2.24, 2.45) is 0 Å². The van der Waals surface area contributed by atoms with E-state index in [2.05, 4.69) is 10.6 Å². The molecule has 0 unspecified atom stereocenters. The van der Waals surface area contributed by atoms with Gasteiger partial charge < -0.3 is 15.1 Å². The molecule has 1 amide bonds. The van der Waals surface area contributed by atoms with Crippen molar-refractivity contribution in [2.75, 3.05) is 27.2 Å². The molecule has 1 aromatic rings. The number of nitrogens with zero attached hydrogens (tertiary/aromatic N) is 1. The van der Waals surface area contributed by atoms with Crippen LogP contribution in [0.1, 0.15) is 29.2 Å². The molecule has 2 heterocycles. The molecule has 2 N–H and O–H groups in total. The van der Waals surface area contributed by atoms with Gasteiger partial charge in [-0.25, -0.2) is 12.7 Å². The van der Waals surface area contributed by atoms with Crippen molar-refractivity contribution >= 4 is 15.9 Å². The fourth-order valence-corrected chi connectivity index (χ4v) is 3.31. The Labute approximate surface area is 124 Å². The summed E-state index contributed by atoms with van der Waals surface area (Å²) < 4.78 is 30.6. The van der Waals surface area contributed by atoms with E-state index < -0.39 is 10.0 Å². The van der Waals surface area contributed by atoms with Crippen LogP contribution in [0.2, 0.25) is 0 Å². The molecule has 0 aromatic carbocycles. The maximum absolute atomic E-state index is 12.1. The predicted octanol–water partition coefficient (Wildman–Crippen LogP) is 0.320. The molecular weight excluding hydrogens is 294 g/mol. The number of amides is 1. The highest BCUT2D eigenvalue weighted by Crippen LogP contribution is 2.22. The maximum Gasteiger partial charge on any atom is 0.287 e. The number of rotatable bonds is 4. The van der Waals surface area contributed by atoms with Gasteiger partial charge in [-0.3, -0.25) is 4.79 Å². The van der Waals surface area contributed by atoms with Gasteiger partial charge in [0.2, 0.25) is 10.0 Å². The molecule has 1 saturated heterocycles. The summed E-state index contributed by atoms with van der Waals surface area (Å²) >= 11 is 0. The van der Waals surface area contributed by atoms with Crippen molar-refractivity contribution in [3.05, 3.63) is 17.6 Å². The largest absolute Gasteiger partial charge is 0.455 e. The molecule has 8 heteroatoms. The van der Waals surface area contributed by atoms with Gasteiger partial charge in [-0.05, 0) is 32.9 Å². The van der Waals surface area contributed by atoms with Gasteiger partial charge in [0.15, 0.2) is 5.76 Å². The van der Waals surface area contributed by atoms with Crippen LogP contribution < -0.4 is 10.6 Å². The van der Waals surface area contributed by atoms with Crippen LogP contribution in [0.4, 0.5) is 0 Å². The van der Waals surface area contributed by atoms with Gasteiger partial charge in [-0.2, -0.15) is 0 Å². The molecule has 2 rings (SSSR count). The number of sulfonamides is 1. The molecule has 118 valence electrons. The lowest BCUT2D eigenvalue weighted by atomic mass is 10.1. The summed E-state index contributed by atoms with van der Waals surface area (Å²) in [7, 11) is -0.722. The van der Waals surface area contributed by atoms with E-state index in [-0.39, 0.29) is 28.4 Å². The van der Waals surface area contributed by atoms with E-state index in [0.29, 0.717) is 0 Å². The third kappa shape index (κ3) is 3.45. The number of piperidine rings is 1. The second-order valence-electron chi connectivity index (χ2n) is 5.32. The standard InChI is InChI=1S/C13H21N3O4S/c1-9-12(21(18,19)16(2)3)8-11(20-9)13(17)15-10-4-6-14-7-5-10/h8,10,14H,4-7H2,1-3H3,(H,15,17). The summed E-state index contributed by atoms with van der Waals surface area (Å²) in [4.78, 5) is 12.2. The van der Waals surface area contributed by atoms with Crippen molar-refractivity contribution in [3.63, 3.8) is 0 Å². The Morgan fingerprint density at radius 2 is 2.00 bits per heavy atom. The minimum absolute atomic E-state index is 0.0305. The van der Waals surface area contributed by atoms with Crippen LogP contribution in [0.5, 0.6) is 0 Å². The molecule has 1 aliphatic heterocycles. The first-order valence-electron chi connectivity index (χ1n) is 6.87. The van der Waals surface area contributed by atoms with E-state index in [1.807, 2.05) is 0 Å². The SMILES string of the molecule is Cc1oc(C(=O)NC2CCNCC2)cc1S(=O)(=O)N(C)C. The number of hydrogen-bond acceptors (Lipinski definition) is 5. The monoisotopic (exact) mass is 315 g/mol. The Hall–Kier alpha value is -1.38. The molecule has 0 atom stereocenters. The molecule has 0 saturated carbocycles. The van der Waals surface area contributed by atoms with Crippen molar-refractivity contribution in [3.8, 4) is 0 Å². The molecule has 0 bridgehead atoms. The van der Waals surface area contributed by atoms with Crippen molar-refractivity contribution in [1.29, 1.82) is 0 Å². The summed E-state index contributed by atoms with van der Waals surface area (Å²) in [6.07, 6.45) is 1.71. The summed E-state index contributed by atoms with van der Waals surface area (Å²) in [6.45, 7) is 3.27. The lowest BCUT2D eigenvalue weighted by molar-refractivity contribution is 0.0900. The van der Waals surface area contributed by atoms with Gasteiger partial charge in [0.05, 0.1) is 0 Å². The minimum Gasteiger partial charge on any atom is -0.455 e. The first-order valence-corrected chi connectivity index (χ1v) is 8.31. The first-order chi connectivity index (χ1) is 9.82. The second kappa shape index (κ2) is 6.17. The molecule has 21 heavy (non-hydrogen) atoms. The quantitative estimate of drug-likeness (QED) is 0.835. The Balaban J connectivity index is 2.16. The highest BCUT2D eigenvalue weighted by atomic mass is 32.2. The molecule has 1 aromatic heterocycles. The number of hydrogen-bond donors (Lipinski definition) is 2. The topological polar surface area (TPSA) is 91.6 Å². The fourth-order valence-electron chi connectivity index (χ4n) is 2.25. The number of nitrogens with one attached hydrogen (secondary N) is 2. The van der Waals surface area contributed by atoms with E-state index in [1.54, 1.807) is 0 Å². The van der Waals surface area contributed by atoms with Crippen molar-refractivity contribution in [2.45, 2.75) is 30.7 Å². The average Bonchev–Trinajstić information content (AvgIpc) is 2.82. The third-order valence-electron chi connectivity index (χ3n) is 3.53. The Kier molecular flexibility index (Phi) is 4.70. The molecule has 7 nitrogen and oxygen atoms in total. The summed E-state index contributed by atoms with van der Waals surface area (Å²) in [5, 5.41) is 6.09. The number of furan rings is 1. The molecule has 0 spiro atoms. The van der Waals surface area contributed by atoms with E-state index in [4.69, 9.17) is 4.42 Å². The van der Waals surface area contributed by atoms with Crippen LogP contribution in [-0.4, -0.2) is 51.9 Å². The van der Waals surface area contributed by atoms with Gasteiger partial charge >= 0.3 is 0 Å². The van der Waals surface area contributed by atoms with Gasteiger partial charge in [0, 0.05) is 26.2 Å². The van der Waals surface area contributed by atoms with Gasteiger partial charge in [0.1, 0.15) is 10.7 Å². The fraction of sp³-hybridized carbons (Fsp3) is 0.615. The van der Waals surface area contributed by atoms with E-state index >= 15 is 0 Å². The zero-order valence-electron chi connectivity index (χ0n) is 12.5. The minimum atomic E-state index is -3.60. The van der Waals surface area contributed by atoms with Crippen molar-refractivity contribution < 1.29 is 17.6 Å². The molecule has 1 fully saturated rings. The van der Waals surface area contributed by atoms with Crippen LogP contribution >= 0.6 is 0 Å². The van der Waals surface area contributed by atoms with E-state index in [0.717, 1.165) is 30.2 Å². The highest BCUT2D eigenvalue weighted by molar-refractivity contribution is 7.89. The number of carbonyl (C=O) groups is 1. The summed E-state index contributed by atoms with van der Waals surface area (Å²) in [5.41, 5.74) is 0. The molecular formula is C13H21N3O4S. The Bertz CT molecular complexity index is 615. The normalized spacial score (nSPS) is 17.1. The third-order valence-corrected chi connectivity index (χ3v) is 5.45. The smallest absolute Gasteiger partial charge is 0.287 e. The zero-order valence-corrected chi connectivity index (χ0v) is 13.3.